The van der Waals surface area contributed by atoms with Gasteiger partial charge in [-0.1, -0.05) is 6.92 Å². The molecule has 0 radical (unpaired) electrons. The number of hydrogen-bond acceptors (Lipinski definition) is 4. The maximum Gasteiger partial charge on any atom is 0.233 e. The highest BCUT2D eigenvalue weighted by atomic mass is 16.2. The first kappa shape index (κ1) is 14.9. The molecule has 18 heavy (non-hydrogen) atoms. The van der Waals surface area contributed by atoms with E-state index >= 15 is 0 Å². The van der Waals surface area contributed by atoms with Gasteiger partial charge in [0.1, 0.15) is 0 Å². The van der Waals surface area contributed by atoms with E-state index in [9.17, 15) is 9.59 Å². The minimum Gasteiger partial charge on any atom is -0.358 e. The predicted molar refractivity (Wildman–Crippen MR) is 69.9 cm³/mol. The molecule has 2 amide bonds. The van der Waals surface area contributed by atoms with Crippen molar-refractivity contribution in [2.75, 3.05) is 46.3 Å². The van der Waals surface area contributed by atoms with Crippen molar-refractivity contribution in [3.63, 3.8) is 0 Å². The van der Waals surface area contributed by atoms with E-state index in [1.165, 1.54) is 0 Å². The highest BCUT2D eigenvalue weighted by Gasteiger charge is 2.22. The first-order valence-corrected chi connectivity index (χ1v) is 6.47. The Balaban J connectivity index is 2.30. The molecule has 0 spiro atoms. The zero-order valence-corrected chi connectivity index (χ0v) is 11.3. The normalized spacial score (nSPS) is 18.5. The molecule has 1 aliphatic rings. The number of hydrogen-bond donors (Lipinski definition) is 2. The molecular weight excluding hydrogens is 232 g/mol. The second kappa shape index (κ2) is 7.33. The van der Waals surface area contributed by atoms with Gasteiger partial charge in [0.15, 0.2) is 0 Å². The van der Waals surface area contributed by atoms with Crippen LogP contribution in [0.3, 0.4) is 0 Å². The summed E-state index contributed by atoms with van der Waals surface area (Å²) < 4.78 is 0. The minimum atomic E-state index is 0.0199. The molecule has 1 aliphatic heterocycles. The lowest BCUT2D eigenvalue weighted by Crippen LogP contribution is -2.51. The Morgan fingerprint density at radius 3 is 2.39 bits per heavy atom. The molecule has 1 atom stereocenters. The second-order valence-corrected chi connectivity index (χ2v) is 4.88. The van der Waals surface area contributed by atoms with Gasteiger partial charge in [-0.3, -0.25) is 14.5 Å². The van der Waals surface area contributed by atoms with Crippen molar-refractivity contribution in [1.29, 1.82) is 0 Å². The van der Waals surface area contributed by atoms with E-state index in [0.29, 0.717) is 32.6 Å². The molecule has 0 aromatic carbocycles. The molecule has 6 heteroatoms. The van der Waals surface area contributed by atoms with Crippen molar-refractivity contribution in [2.24, 2.45) is 11.7 Å². The van der Waals surface area contributed by atoms with Crippen LogP contribution in [0.25, 0.3) is 0 Å². The van der Waals surface area contributed by atoms with Crippen LogP contribution in [-0.2, 0) is 9.59 Å². The van der Waals surface area contributed by atoms with Crippen LogP contribution in [0.2, 0.25) is 0 Å². The van der Waals surface area contributed by atoms with Crippen LogP contribution in [0.5, 0.6) is 0 Å². The van der Waals surface area contributed by atoms with E-state index in [4.69, 9.17) is 5.73 Å². The van der Waals surface area contributed by atoms with Gasteiger partial charge in [-0.25, -0.2) is 0 Å². The van der Waals surface area contributed by atoms with Crippen LogP contribution >= 0.6 is 0 Å². The monoisotopic (exact) mass is 256 g/mol. The summed E-state index contributed by atoms with van der Waals surface area (Å²) in [6.45, 7) is 5.87. The van der Waals surface area contributed by atoms with Crippen molar-refractivity contribution in [1.82, 2.24) is 15.1 Å². The average Bonchev–Trinajstić information content (AvgIpc) is 2.39. The quantitative estimate of drug-likeness (QED) is 0.652. The molecule has 0 aliphatic carbocycles. The molecular formula is C12H24N4O2. The van der Waals surface area contributed by atoms with E-state index in [-0.39, 0.29) is 17.7 Å². The fourth-order valence-corrected chi connectivity index (χ4v) is 1.95. The second-order valence-electron chi connectivity index (χ2n) is 4.88. The summed E-state index contributed by atoms with van der Waals surface area (Å²) in [7, 11) is 1.64. The number of nitrogens with two attached hydrogens (primary N) is 1. The van der Waals surface area contributed by atoms with Crippen LogP contribution in [0.1, 0.15) is 13.3 Å². The predicted octanol–water partition coefficient (Wildman–Crippen LogP) is -1.14. The zero-order chi connectivity index (χ0) is 13.5. The van der Waals surface area contributed by atoms with Crippen molar-refractivity contribution in [2.45, 2.75) is 13.3 Å². The molecule has 0 aromatic rings. The Morgan fingerprint density at radius 1 is 1.28 bits per heavy atom. The van der Waals surface area contributed by atoms with Crippen LogP contribution in [0.15, 0.2) is 0 Å². The molecule has 3 N–H and O–H groups in total. The van der Waals surface area contributed by atoms with Gasteiger partial charge in [0, 0.05) is 39.6 Å². The molecule has 1 unspecified atom stereocenters. The summed E-state index contributed by atoms with van der Waals surface area (Å²) in [6, 6.07) is 0. The Bertz CT molecular complexity index is 288. The number of likely N-dealkylation sites (N-methyl/N-ethyl adjacent to an activating group) is 1. The Labute approximate surface area is 108 Å². The highest BCUT2D eigenvalue weighted by molar-refractivity contribution is 5.78. The fraction of sp³-hybridized carbons (Fsp3) is 0.833. The number of nitrogens with one attached hydrogen (secondary N) is 1. The van der Waals surface area contributed by atoms with E-state index in [1.54, 1.807) is 7.05 Å². The van der Waals surface area contributed by atoms with Crippen molar-refractivity contribution >= 4 is 11.8 Å². The van der Waals surface area contributed by atoms with Gasteiger partial charge in [-0.2, -0.15) is 0 Å². The molecule has 0 bridgehead atoms. The van der Waals surface area contributed by atoms with Gasteiger partial charge in [0.2, 0.25) is 11.8 Å². The van der Waals surface area contributed by atoms with Gasteiger partial charge < -0.3 is 16.0 Å². The van der Waals surface area contributed by atoms with E-state index < -0.39 is 0 Å². The van der Waals surface area contributed by atoms with E-state index in [0.717, 1.165) is 13.1 Å². The standard InChI is InChI=1S/C12H24N4O2/c1-10(8-13)7-12(18)16-5-3-15(4-6-16)9-11(17)14-2/h10H,3-9,13H2,1-2H3,(H,14,17). The van der Waals surface area contributed by atoms with Crippen LogP contribution in [0.4, 0.5) is 0 Å². The lowest BCUT2D eigenvalue weighted by atomic mass is 10.1. The molecule has 1 fully saturated rings. The number of piperazine rings is 1. The first-order valence-electron chi connectivity index (χ1n) is 6.47. The number of nitrogens with zero attached hydrogens (tertiary/aromatic N) is 2. The van der Waals surface area contributed by atoms with Gasteiger partial charge in [0.25, 0.3) is 0 Å². The maximum absolute atomic E-state index is 11.9. The number of carbonyl (C=O) groups is 2. The Kier molecular flexibility index (Phi) is 6.07. The number of rotatable bonds is 5. The van der Waals surface area contributed by atoms with Crippen molar-refractivity contribution < 1.29 is 9.59 Å². The largest absolute Gasteiger partial charge is 0.358 e. The van der Waals surface area contributed by atoms with Gasteiger partial charge in [0.05, 0.1) is 6.54 Å². The lowest BCUT2D eigenvalue weighted by Gasteiger charge is -2.34. The summed E-state index contributed by atoms with van der Waals surface area (Å²) in [4.78, 5) is 27.1. The smallest absolute Gasteiger partial charge is 0.233 e. The van der Waals surface area contributed by atoms with E-state index in [2.05, 4.69) is 10.2 Å². The Morgan fingerprint density at radius 2 is 1.89 bits per heavy atom. The Hall–Kier alpha value is -1.14. The molecule has 0 aromatic heterocycles. The van der Waals surface area contributed by atoms with E-state index in [1.807, 2.05) is 11.8 Å². The third kappa shape index (κ3) is 4.62. The third-order valence-corrected chi connectivity index (χ3v) is 3.30. The average molecular weight is 256 g/mol. The zero-order valence-electron chi connectivity index (χ0n) is 11.3. The summed E-state index contributed by atoms with van der Waals surface area (Å²) in [5.74, 6) is 0.431. The lowest BCUT2D eigenvalue weighted by molar-refractivity contribution is -0.134. The number of amides is 2. The van der Waals surface area contributed by atoms with Crippen LogP contribution in [0, 0.1) is 5.92 Å². The van der Waals surface area contributed by atoms with Gasteiger partial charge >= 0.3 is 0 Å². The number of carbonyl (C=O) groups excluding carboxylic acids is 2. The summed E-state index contributed by atoms with van der Waals surface area (Å²) in [5, 5.41) is 2.60. The van der Waals surface area contributed by atoms with Crippen LogP contribution in [-0.4, -0.2) is 67.9 Å². The molecule has 6 nitrogen and oxygen atoms in total. The maximum atomic E-state index is 11.9. The van der Waals surface area contributed by atoms with Gasteiger partial charge in [-0.15, -0.1) is 0 Å². The fourth-order valence-electron chi connectivity index (χ4n) is 1.95. The van der Waals surface area contributed by atoms with Gasteiger partial charge in [-0.05, 0) is 12.5 Å². The topological polar surface area (TPSA) is 78.7 Å². The van der Waals surface area contributed by atoms with Crippen molar-refractivity contribution in [3.8, 4) is 0 Å². The minimum absolute atomic E-state index is 0.0199. The molecule has 1 rings (SSSR count). The molecule has 0 saturated carbocycles. The summed E-state index contributed by atoms with van der Waals surface area (Å²) >= 11 is 0. The first-order chi connectivity index (χ1) is 8.56. The van der Waals surface area contributed by atoms with Crippen LogP contribution < -0.4 is 11.1 Å². The van der Waals surface area contributed by atoms with Crippen molar-refractivity contribution in [3.05, 3.63) is 0 Å². The highest BCUT2D eigenvalue weighted by Crippen LogP contribution is 2.07. The SMILES string of the molecule is CNC(=O)CN1CCN(C(=O)CC(C)CN)CC1. The summed E-state index contributed by atoms with van der Waals surface area (Å²) in [6.07, 6.45) is 0.520. The third-order valence-electron chi connectivity index (χ3n) is 3.30. The molecule has 1 heterocycles. The molecule has 104 valence electrons. The molecule has 1 saturated heterocycles. The summed E-state index contributed by atoms with van der Waals surface area (Å²) in [5.41, 5.74) is 5.52.